The van der Waals surface area contributed by atoms with Gasteiger partial charge in [-0.25, -0.2) is 4.68 Å². The summed E-state index contributed by atoms with van der Waals surface area (Å²) in [4.78, 5) is 1.25. The molecule has 0 unspecified atom stereocenters. The zero-order chi connectivity index (χ0) is 17.2. The van der Waals surface area contributed by atoms with Crippen LogP contribution in [0.3, 0.4) is 0 Å². The Hall–Kier alpha value is -2.54. The number of fused-ring (bicyclic) bond motifs is 1. The van der Waals surface area contributed by atoms with Gasteiger partial charge in [-0.05, 0) is 58.5 Å². The second kappa shape index (κ2) is 6.76. The fourth-order valence-electron chi connectivity index (χ4n) is 3.22. The van der Waals surface area contributed by atoms with Crippen molar-refractivity contribution in [2.24, 2.45) is 0 Å². The fourth-order valence-corrected chi connectivity index (χ4v) is 3.63. The van der Waals surface area contributed by atoms with Crippen molar-refractivity contribution in [3.8, 4) is 5.75 Å². The first-order valence-corrected chi connectivity index (χ1v) is 9.33. The third kappa shape index (κ3) is 3.07. The molecule has 0 saturated carbocycles. The SMILES string of the molecule is COc1cccc([C@H]2C[C@@H](c3ccc(SC)cc3)n3nnnc3N2)c1. The summed E-state index contributed by atoms with van der Waals surface area (Å²) in [6.45, 7) is 0. The van der Waals surface area contributed by atoms with Crippen molar-refractivity contribution in [2.45, 2.75) is 23.4 Å². The van der Waals surface area contributed by atoms with Gasteiger partial charge in [0, 0.05) is 4.90 Å². The molecule has 0 amide bonds. The molecule has 4 rings (SSSR count). The minimum Gasteiger partial charge on any atom is -0.497 e. The van der Waals surface area contributed by atoms with Crippen molar-refractivity contribution in [1.82, 2.24) is 20.2 Å². The van der Waals surface area contributed by atoms with Crippen LogP contribution in [0.2, 0.25) is 0 Å². The van der Waals surface area contributed by atoms with E-state index in [9.17, 15) is 0 Å². The van der Waals surface area contributed by atoms with Gasteiger partial charge in [-0.3, -0.25) is 0 Å². The molecule has 0 saturated heterocycles. The molecule has 128 valence electrons. The zero-order valence-corrected chi connectivity index (χ0v) is 14.9. The van der Waals surface area contributed by atoms with E-state index in [2.05, 4.69) is 63.5 Å². The standard InChI is InChI=1S/C18H19N5OS/c1-24-14-5-3-4-13(10-14)16-11-17(23-18(19-16)20-21-22-23)12-6-8-15(25-2)9-7-12/h3-10,16-17H,11H2,1-2H3,(H,19,20,22)/t16-,17+/m1/s1. The predicted octanol–water partition coefficient (Wildman–Crippen LogP) is 3.55. The van der Waals surface area contributed by atoms with Crippen molar-refractivity contribution in [3.05, 3.63) is 59.7 Å². The van der Waals surface area contributed by atoms with Crippen molar-refractivity contribution < 1.29 is 4.74 Å². The van der Waals surface area contributed by atoms with E-state index in [1.165, 1.54) is 16.0 Å². The first-order valence-electron chi connectivity index (χ1n) is 8.11. The number of aromatic nitrogens is 4. The van der Waals surface area contributed by atoms with E-state index in [1.54, 1.807) is 18.9 Å². The lowest BCUT2D eigenvalue weighted by Gasteiger charge is -2.31. The number of hydrogen-bond donors (Lipinski definition) is 1. The summed E-state index contributed by atoms with van der Waals surface area (Å²) in [7, 11) is 1.68. The molecule has 6 nitrogen and oxygen atoms in total. The number of tetrazole rings is 1. The van der Waals surface area contributed by atoms with E-state index in [1.807, 2.05) is 16.8 Å². The monoisotopic (exact) mass is 353 g/mol. The van der Waals surface area contributed by atoms with Crippen LogP contribution < -0.4 is 10.1 Å². The molecule has 2 atom stereocenters. The quantitative estimate of drug-likeness (QED) is 0.724. The molecular weight excluding hydrogens is 334 g/mol. The number of rotatable bonds is 4. The summed E-state index contributed by atoms with van der Waals surface area (Å²) in [5, 5.41) is 15.6. The molecule has 0 fully saturated rings. The molecule has 2 aromatic carbocycles. The largest absolute Gasteiger partial charge is 0.497 e. The Morgan fingerprint density at radius 1 is 1.16 bits per heavy atom. The Kier molecular flexibility index (Phi) is 4.31. The number of benzene rings is 2. The molecule has 1 aromatic heterocycles. The maximum absolute atomic E-state index is 5.36. The third-order valence-electron chi connectivity index (χ3n) is 4.55. The van der Waals surface area contributed by atoms with Gasteiger partial charge in [0.15, 0.2) is 0 Å². The number of anilines is 1. The maximum Gasteiger partial charge on any atom is 0.243 e. The van der Waals surface area contributed by atoms with E-state index < -0.39 is 0 Å². The van der Waals surface area contributed by atoms with Gasteiger partial charge >= 0.3 is 0 Å². The summed E-state index contributed by atoms with van der Waals surface area (Å²) >= 11 is 1.74. The molecule has 7 heteroatoms. The molecular formula is C18H19N5OS. The van der Waals surface area contributed by atoms with Crippen molar-refractivity contribution in [1.29, 1.82) is 0 Å². The van der Waals surface area contributed by atoms with Gasteiger partial charge in [-0.2, -0.15) is 0 Å². The lowest BCUT2D eigenvalue weighted by Crippen LogP contribution is -2.28. The van der Waals surface area contributed by atoms with Gasteiger partial charge < -0.3 is 10.1 Å². The summed E-state index contributed by atoms with van der Waals surface area (Å²) in [5.74, 6) is 1.54. The molecule has 3 aromatic rings. The minimum atomic E-state index is 0.0957. The molecule has 1 N–H and O–H groups in total. The molecule has 2 heterocycles. The highest BCUT2D eigenvalue weighted by Gasteiger charge is 2.30. The van der Waals surface area contributed by atoms with Gasteiger partial charge in [0.25, 0.3) is 0 Å². The average Bonchev–Trinajstić information content (AvgIpc) is 3.16. The van der Waals surface area contributed by atoms with Crippen LogP contribution in [0.4, 0.5) is 5.95 Å². The number of methoxy groups -OCH3 is 1. The Balaban J connectivity index is 1.69. The zero-order valence-electron chi connectivity index (χ0n) is 14.1. The maximum atomic E-state index is 5.36. The molecule has 25 heavy (non-hydrogen) atoms. The van der Waals surface area contributed by atoms with Crippen molar-refractivity contribution in [3.63, 3.8) is 0 Å². The average molecular weight is 353 g/mol. The summed E-state index contributed by atoms with van der Waals surface area (Å²) in [6, 6.07) is 17.0. The third-order valence-corrected chi connectivity index (χ3v) is 5.29. The highest BCUT2D eigenvalue weighted by Crippen LogP contribution is 2.38. The minimum absolute atomic E-state index is 0.0957. The highest BCUT2D eigenvalue weighted by atomic mass is 32.2. The first-order chi connectivity index (χ1) is 12.3. The number of thioether (sulfide) groups is 1. The summed E-state index contributed by atoms with van der Waals surface area (Å²) in [6.07, 6.45) is 2.95. The Labute approximate surface area is 150 Å². The summed E-state index contributed by atoms with van der Waals surface area (Å²) in [5.41, 5.74) is 2.38. The van der Waals surface area contributed by atoms with Gasteiger partial charge in [0.1, 0.15) is 5.75 Å². The molecule has 0 spiro atoms. The van der Waals surface area contributed by atoms with Crippen LogP contribution in [0.1, 0.15) is 29.6 Å². The van der Waals surface area contributed by atoms with E-state index >= 15 is 0 Å². The van der Waals surface area contributed by atoms with Crippen LogP contribution in [0.25, 0.3) is 0 Å². The van der Waals surface area contributed by atoms with Gasteiger partial charge in [0.2, 0.25) is 5.95 Å². The number of hydrogen-bond acceptors (Lipinski definition) is 6. The normalized spacial score (nSPS) is 19.1. The van der Waals surface area contributed by atoms with Gasteiger partial charge in [0.05, 0.1) is 19.2 Å². The van der Waals surface area contributed by atoms with Crippen molar-refractivity contribution in [2.75, 3.05) is 18.7 Å². The number of nitrogens with zero attached hydrogens (tertiary/aromatic N) is 4. The Bertz CT molecular complexity index is 864. The van der Waals surface area contributed by atoms with E-state index in [4.69, 9.17) is 4.74 Å². The van der Waals surface area contributed by atoms with Crippen LogP contribution in [-0.4, -0.2) is 33.6 Å². The lowest BCUT2D eigenvalue weighted by atomic mass is 9.93. The first kappa shape index (κ1) is 16.0. The molecule has 0 aliphatic carbocycles. The Morgan fingerprint density at radius 2 is 2.00 bits per heavy atom. The lowest BCUT2D eigenvalue weighted by molar-refractivity contribution is 0.408. The highest BCUT2D eigenvalue weighted by molar-refractivity contribution is 7.98. The topological polar surface area (TPSA) is 64.9 Å². The molecule has 1 aliphatic rings. The molecule has 1 aliphatic heterocycles. The van der Waals surface area contributed by atoms with Crippen molar-refractivity contribution >= 4 is 17.7 Å². The smallest absolute Gasteiger partial charge is 0.243 e. The van der Waals surface area contributed by atoms with Gasteiger partial charge in [-0.1, -0.05) is 29.4 Å². The number of nitrogens with one attached hydrogen (secondary N) is 1. The summed E-state index contributed by atoms with van der Waals surface area (Å²) < 4.78 is 7.23. The van der Waals surface area contributed by atoms with E-state index in [0.29, 0.717) is 5.95 Å². The van der Waals surface area contributed by atoms with Crippen LogP contribution in [0, 0.1) is 0 Å². The fraction of sp³-hybridized carbons (Fsp3) is 0.278. The second-order valence-corrected chi connectivity index (χ2v) is 6.82. The van der Waals surface area contributed by atoms with Crippen LogP contribution in [0.15, 0.2) is 53.4 Å². The Morgan fingerprint density at radius 3 is 2.76 bits per heavy atom. The van der Waals surface area contributed by atoms with E-state index in [-0.39, 0.29) is 12.1 Å². The van der Waals surface area contributed by atoms with Crippen LogP contribution in [0.5, 0.6) is 5.75 Å². The van der Waals surface area contributed by atoms with Crippen LogP contribution >= 0.6 is 11.8 Å². The van der Waals surface area contributed by atoms with E-state index in [0.717, 1.165) is 12.2 Å². The van der Waals surface area contributed by atoms with Crippen LogP contribution in [-0.2, 0) is 0 Å². The second-order valence-electron chi connectivity index (χ2n) is 5.95. The predicted molar refractivity (Wildman–Crippen MR) is 98.2 cm³/mol. The van der Waals surface area contributed by atoms with Gasteiger partial charge in [-0.15, -0.1) is 11.8 Å². The number of ether oxygens (including phenoxy) is 1. The molecule has 0 radical (unpaired) electrons. The molecule has 0 bridgehead atoms.